The van der Waals surface area contributed by atoms with Gasteiger partial charge in [-0.2, -0.15) is 0 Å². The molecule has 2 aromatic heterocycles. The molecule has 29 heavy (non-hydrogen) atoms. The van der Waals surface area contributed by atoms with Crippen molar-refractivity contribution in [3.05, 3.63) is 58.2 Å². The summed E-state index contributed by atoms with van der Waals surface area (Å²) in [5, 5.41) is 4.31. The van der Waals surface area contributed by atoms with Crippen LogP contribution in [0.3, 0.4) is 0 Å². The third-order valence-electron chi connectivity index (χ3n) is 5.74. The average Bonchev–Trinajstić information content (AvgIpc) is 2.94. The number of fused-ring (bicyclic) bond motifs is 1. The number of aryl methyl sites for hydroxylation is 3. The van der Waals surface area contributed by atoms with E-state index in [1.165, 1.54) is 12.1 Å². The maximum atomic E-state index is 13.4. The number of halogens is 1. The molecule has 1 amide bonds. The van der Waals surface area contributed by atoms with E-state index >= 15 is 0 Å². The molecular formula is C22H25FN4O2. The van der Waals surface area contributed by atoms with Crippen molar-refractivity contribution >= 4 is 22.6 Å². The molecule has 3 aromatic rings. The number of carbonyl (C=O) groups excluding carboxylic acids is 1. The van der Waals surface area contributed by atoms with E-state index in [2.05, 4.69) is 15.3 Å². The molecule has 0 atom stereocenters. The Labute approximate surface area is 169 Å². The molecule has 0 unspecified atom stereocenters. The van der Waals surface area contributed by atoms with E-state index in [0.29, 0.717) is 31.1 Å². The minimum Gasteiger partial charge on any atom is -0.378 e. The quantitative estimate of drug-likeness (QED) is 0.690. The highest BCUT2D eigenvalue weighted by Gasteiger charge is 2.32. The van der Waals surface area contributed by atoms with Crippen LogP contribution in [0.25, 0.3) is 10.9 Å². The van der Waals surface area contributed by atoms with Gasteiger partial charge in [0.05, 0.1) is 11.6 Å². The number of likely N-dealkylation sites (tertiary alicyclic amines) is 1. The van der Waals surface area contributed by atoms with Gasteiger partial charge in [-0.05, 0) is 55.7 Å². The van der Waals surface area contributed by atoms with E-state index in [1.807, 2.05) is 26.8 Å². The molecule has 1 aromatic carbocycles. The number of nitrogens with one attached hydrogen (secondary N) is 2. The molecule has 0 spiro atoms. The summed E-state index contributed by atoms with van der Waals surface area (Å²) in [4.78, 5) is 22.6. The molecule has 1 aliphatic rings. The summed E-state index contributed by atoms with van der Waals surface area (Å²) >= 11 is 0. The molecule has 0 radical (unpaired) electrons. The maximum Gasteiger partial charge on any atom is 0.272 e. The molecule has 7 heteroatoms. The summed E-state index contributed by atoms with van der Waals surface area (Å²) in [6.45, 7) is 7.56. The van der Waals surface area contributed by atoms with Crippen molar-refractivity contribution in [3.8, 4) is 0 Å². The minimum absolute atomic E-state index is 0.0953. The Hall–Kier alpha value is -2.93. The number of benzene rings is 1. The molecule has 0 saturated carbocycles. The second-order valence-corrected chi connectivity index (χ2v) is 7.65. The highest BCUT2D eigenvalue weighted by molar-refractivity contribution is 6.01. The number of carbonyl (C=O) groups is 1. The highest BCUT2D eigenvalue weighted by Crippen LogP contribution is 2.29. The van der Waals surface area contributed by atoms with Crippen molar-refractivity contribution in [2.45, 2.75) is 33.4 Å². The van der Waals surface area contributed by atoms with Gasteiger partial charge >= 0.3 is 0 Å². The van der Waals surface area contributed by atoms with Crippen LogP contribution in [0.1, 0.15) is 32.9 Å². The van der Waals surface area contributed by atoms with Crippen molar-refractivity contribution in [3.63, 3.8) is 0 Å². The molecule has 0 aliphatic carbocycles. The van der Waals surface area contributed by atoms with Gasteiger partial charge < -0.3 is 19.9 Å². The Morgan fingerprint density at radius 3 is 2.76 bits per heavy atom. The number of nitrogens with zero attached hydrogens (tertiary/aromatic N) is 2. The summed E-state index contributed by atoms with van der Waals surface area (Å²) in [6.07, 6.45) is 0.0953. The number of pyridine rings is 1. The molecule has 1 fully saturated rings. The van der Waals surface area contributed by atoms with Gasteiger partial charge in [0.2, 0.25) is 0 Å². The fourth-order valence-corrected chi connectivity index (χ4v) is 3.64. The topological polar surface area (TPSA) is 70.2 Å². The molecule has 2 N–H and O–H groups in total. The van der Waals surface area contributed by atoms with Crippen LogP contribution in [-0.2, 0) is 11.3 Å². The number of H-pyrrole nitrogens is 1. The first-order valence-electron chi connectivity index (χ1n) is 9.68. The van der Waals surface area contributed by atoms with Crippen LogP contribution in [-0.4, -0.2) is 47.1 Å². The van der Waals surface area contributed by atoms with Gasteiger partial charge in [-0.25, -0.2) is 9.37 Å². The van der Waals surface area contributed by atoms with Crippen LogP contribution in [0, 0.1) is 26.6 Å². The van der Waals surface area contributed by atoms with Crippen LogP contribution in [0.5, 0.6) is 0 Å². The second-order valence-electron chi connectivity index (χ2n) is 7.65. The maximum absolute atomic E-state index is 13.4. The van der Waals surface area contributed by atoms with E-state index in [4.69, 9.17) is 4.74 Å². The lowest BCUT2D eigenvalue weighted by Crippen LogP contribution is -2.54. The van der Waals surface area contributed by atoms with Gasteiger partial charge in [-0.15, -0.1) is 0 Å². The summed E-state index contributed by atoms with van der Waals surface area (Å²) in [5.74, 6) is 0.271. The summed E-state index contributed by atoms with van der Waals surface area (Å²) in [5.41, 5.74) is 5.25. The van der Waals surface area contributed by atoms with E-state index in [-0.39, 0.29) is 17.8 Å². The van der Waals surface area contributed by atoms with Crippen molar-refractivity contribution in [1.29, 1.82) is 0 Å². The average molecular weight is 396 g/mol. The van der Waals surface area contributed by atoms with Crippen LogP contribution in [0.2, 0.25) is 0 Å². The van der Waals surface area contributed by atoms with Crippen molar-refractivity contribution in [2.75, 3.05) is 25.5 Å². The Bertz CT molecular complexity index is 1090. The smallest absolute Gasteiger partial charge is 0.272 e. The zero-order valence-corrected chi connectivity index (χ0v) is 17.1. The van der Waals surface area contributed by atoms with Gasteiger partial charge in [-0.1, -0.05) is 6.07 Å². The molecule has 6 nitrogen and oxygen atoms in total. The molecule has 4 rings (SSSR count). The number of methoxy groups -OCH3 is 1. The van der Waals surface area contributed by atoms with E-state index in [0.717, 1.165) is 33.3 Å². The number of aromatic nitrogens is 2. The number of rotatable bonds is 5. The lowest BCUT2D eigenvalue weighted by molar-refractivity contribution is -0.0194. The number of ether oxygens (including phenoxy) is 1. The highest BCUT2D eigenvalue weighted by atomic mass is 19.1. The summed E-state index contributed by atoms with van der Waals surface area (Å²) in [6, 6.07) is 6.58. The molecular weight excluding hydrogens is 371 g/mol. The largest absolute Gasteiger partial charge is 0.378 e. The Kier molecular flexibility index (Phi) is 5.00. The fourth-order valence-electron chi connectivity index (χ4n) is 3.64. The van der Waals surface area contributed by atoms with E-state index in [9.17, 15) is 9.18 Å². The number of amides is 1. The van der Waals surface area contributed by atoms with Gasteiger partial charge in [0.15, 0.2) is 5.82 Å². The Balaban J connectivity index is 1.66. The first kappa shape index (κ1) is 19.4. The number of aromatic amines is 1. The SMILES string of the molecule is COC1CN(C(=O)c2cc3c(C)c(C)[nH]c3c(NCc3ccc(F)cc3C)n2)C1. The monoisotopic (exact) mass is 396 g/mol. The number of hydrogen-bond acceptors (Lipinski definition) is 4. The van der Waals surface area contributed by atoms with Gasteiger partial charge in [-0.3, -0.25) is 4.79 Å². The lowest BCUT2D eigenvalue weighted by Gasteiger charge is -2.37. The predicted octanol–water partition coefficient (Wildman–Crippen LogP) is 3.71. The standard InChI is InChI=1S/C22H25FN4O2/c1-12-7-16(23)6-5-15(12)9-24-21-20-18(13(2)14(3)25-20)8-19(26-21)22(28)27-10-17(11-27)29-4/h5-8,17,25H,9-11H2,1-4H3,(H,24,26). The van der Waals surface area contributed by atoms with Gasteiger partial charge in [0, 0.05) is 37.8 Å². The normalized spacial score (nSPS) is 14.3. The number of anilines is 1. The van der Waals surface area contributed by atoms with Crippen molar-refractivity contribution in [2.24, 2.45) is 0 Å². The molecule has 3 heterocycles. The first-order valence-corrected chi connectivity index (χ1v) is 9.68. The van der Waals surface area contributed by atoms with Crippen LogP contribution >= 0.6 is 0 Å². The van der Waals surface area contributed by atoms with E-state index < -0.39 is 0 Å². The molecule has 1 aliphatic heterocycles. The third-order valence-corrected chi connectivity index (χ3v) is 5.74. The Morgan fingerprint density at radius 2 is 2.07 bits per heavy atom. The summed E-state index contributed by atoms with van der Waals surface area (Å²) in [7, 11) is 1.65. The van der Waals surface area contributed by atoms with Crippen LogP contribution < -0.4 is 5.32 Å². The number of hydrogen-bond donors (Lipinski definition) is 2. The van der Waals surface area contributed by atoms with Crippen molar-refractivity contribution in [1.82, 2.24) is 14.9 Å². The van der Waals surface area contributed by atoms with Crippen molar-refractivity contribution < 1.29 is 13.9 Å². The predicted molar refractivity (Wildman–Crippen MR) is 111 cm³/mol. The lowest BCUT2D eigenvalue weighted by atomic mass is 10.1. The van der Waals surface area contributed by atoms with Gasteiger partial charge in [0.25, 0.3) is 5.91 Å². The van der Waals surface area contributed by atoms with Crippen LogP contribution in [0.15, 0.2) is 24.3 Å². The Morgan fingerprint density at radius 1 is 1.31 bits per heavy atom. The minimum atomic E-state index is -0.251. The first-order chi connectivity index (χ1) is 13.9. The zero-order valence-electron chi connectivity index (χ0n) is 17.1. The third kappa shape index (κ3) is 3.58. The molecule has 1 saturated heterocycles. The molecule has 152 valence electrons. The van der Waals surface area contributed by atoms with Crippen LogP contribution in [0.4, 0.5) is 10.2 Å². The fraction of sp³-hybridized carbons (Fsp3) is 0.364. The summed E-state index contributed by atoms with van der Waals surface area (Å²) < 4.78 is 18.7. The van der Waals surface area contributed by atoms with Gasteiger partial charge in [0.1, 0.15) is 11.5 Å². The second kappa shape index (κ2) is 7.48. The molecule has 0 bridgehead atoms. The zero-order chi connectivity index (χ0) is 20.7. The van der Waals surface area contributed by atoms with E-state index in [1.54, 1.807) is 18.1 Å².